The van der Waals surface area contributed by atoms with Crippen LogP contribution in [0, 0.1) is 18.3 Å². The number of rotatable bonds is 5. The average Bonchev–Trinajstić information content (AvgIpc) is 2.29. The number of nitrogens with zero attached hydrogens (tertiary/aromatic N) is 1. The highest BCUT2D eigenvalue weighted by molar-refractivity contribution is 7.90. The molecule has 0 amide bonds. The largest absolute Gasteiger partial charge is 0.228 e. The van der Waals surface area contributed by atoms with Gasteiger partial charge in [0.1, 0.15) is 0 Å². The van der Waals surface area contributed by atoms with Crippen molar-refractivity contribution in [2.24, 2.45) is 0 Å². The van der Waals surface area contributed by atoms with Crippen molar-refractivity contribution in [1.29, 1.82) is 5.26 Å². The third-order valence-corrected chi connectivity index (χ3v) is 4.35. The molecule has 0 radical (unpaired) electrons. The maximum absolute atomic E-state index is 11.7. The van der Waals surface area contributed by atoms with Crippen molar-refractivity contribution in [3.63, 3.8) is 0 Å². The average molecular weight is 252 g/mol. The second-order valence-electron chi connectivity index (χ2n) is 3.82. The number of nitrogens with one attached hydrogen (secondary N) is 1. The number of aryl methyl sites for hydroxylation is 1. The van der Waals surface area contributed by atoms with Crippen LogP contribution in [0.25, 0.3) is 0 Å². The standard InChI is InChI=1S/C12H16N2O2S/c1-3-12(8-13)17(15,16)14-9-11-7-5-4-6-10(11)2/h4-7,12,14H,3,9H2,1-2H3. The molecule has 0 aromatic heterocycles. The first-order valence-electron chi connectivity index (χ1n) is 5.44. The predicted molar refractivity (Wildman–Crippen MR) is 66.6 cm³/mol. The van der Waals surface area contributed by atoms with E-state index in [9.17, 15) is 8.42 Å². The van der Waals surface area contributed by atoms with Gasteiger partial charge in [0.2, 0.25) is 10.0 Å². The van der Waals surface area contributed by atoms with Crippen LogP contribution in [-0.2, 0) is 16.6 Å². The van der Waals surface area contributed by atoms with E-state index in [4.69, 9.17) is 5.26 Å². The predicted octanol–water partition coefficient (Wildman–Crippen LogP) is 1.72. The van der Waals surface area contributed by atoms with E-state index in [2.05, 4.69) is 4.72 Å². The van der Waals surface area contributed by atoms with E-state index in [0.717, 1.165) is 11.1 Å². The second-order valence-corrected chi connectivity index (χ2v) is 5.77. The molecular weight excluding hydrogens is 236 g/mol. The van der Waals surface area contributed by atoms with Crippen LogP contribution >= 0.6 is 0 Å². The highest BCUT2D eigenvalue weighted by Crippen LogP contribution is 2.09. The van der Waals surface area contributed by atoms with E-state index in [-0.39, 0.29) is 6.54 Å². The lowest BCUT2D eigenvalue weighted by molar-refractivity contribution is 0.572. The van der Waals surface area contributed by atoms with E-state index in [1.165, 1.54) is 0 Å². The zero-order valence-electron chi connectivity index (χ0n) is 9.97. The molecule has 1 unspecified atom stereocenters. The third kappa shape index (κ3) is 3.55. The summed E-state index contributed by atoms with van der Waals surface area (Å²) in [5.74, 6) is 0. The van der Waals surface area contributed by atoms with E-state index >= 15 is 0 Å². The minimum atomic E-state index is -3.55. The van der Waals surface area contributed by atoms with Crippen molar-refractivity contribution in [3.8, 4) is 6.07 Å². The van der Waals surface area contributed by atoms with Gasteiger partial charge in [-0.2, -0.15) is 5.26 Å². The molecule has 1 aromatic rings. The minimum absolute atomic E-state index is 0.229. The summed E-state index contributed by atoms with van der Waals surface area (Å²) < 4.78 is 26.0. The summed E-state index contributed by atoms with van der Waals surface area (Å²) in [6, 6.07) is 9.34. The molecule has 0 aliphatic carbocycles. The number of nitriles is 1. The first-order valence-corrected chi connectivity index (χ1v) is 6.98. The summed E-state index contributed by atoms with van der Waals surface area (Å²) in [5.41, 5.74) is 1.95. The molecule has 1 atom stereocenters. The molecule has 0 spiro atoms. The van der Waals surface area contributed by atoms with Gasteiger partial charge in [0.05, 0.1) is 6.07 Å². The van der Waals surface area contributed by atoms with Gasteiger partial charge in [0, 0.05) is 6.54 Å². The van der Waals surface area contributed by atoms with E-state index in [1.807, 2.05) is 31.2 Å². The quantitative estimate of drug-likeness (QED) is 0.867. The fraction of sp³-hybridized carbons (Fsp3) is 0.417. The molecule has 0 fully saturated rings. The fourth-order valence-electron chi connectivity index (χ4n) is 1.47. The third-order valence-electron chi connectivity index (χ3n) is 2.61. The number of hydrogen-bond donors (Lipinski definition) is 1. The maximum Gasteiger partial charge on any atom is 0.228 e. The zero-order chi connectivity index (χ0) is 12.9. The molecule has 0 saturated carbocycles. The lowest BCUT2D eigenvalue weighted by atomic mass is 10.1. The Kier molecular flexibility index (Phi) is 4.67. The van der Waals surface area contributed by atoms with Crippen molar-refractivity contribution in [2.45, 2.75) is 32.1 Å². The van der Waals surface area contributed by atoms with E-state index in [0.29, 0.717) is 6.42 Å². The summed E-state index contributed by atoms with van der Waals surface area (Å²) in [4.78, 5) is 0. The lowest BCUT2D eigenvalue weighted by Crippen LogP contribution is -2.32. The highest BCUT2D eigenvalue weighted by atomic mass is 32.2. The van der Waals surface area contributed by atoms with Gasteiger partial charge in [-0.25, -0.2) is 13.1 Å². The molecule has 92 valence electrons. The van der Waals surface area contributed by atoms with Crippen molar-refractivity contribution < 1.29 is 8.42 Å². The van der Waals surface area contributed by atoms with Gasteiger partial charge in [0.25, 0.3) is 0 Å². The molecule has 0 aliphatic rings. The summed E-state index contributed by atoms with van der Waals surface area (Å²) >= 11 is 0. The van der Waals surface area contributed by atoms with Gasteiger partial charge in [-0.05, 0) is 24.5 Å². The summed E-state index contributed by atoms with van der Waals surface area (Å²) in [6.45, 7) is 3.83. The van der Waals surface area contributed by atoms with E-state index < -0.39 is 15.3 Å². The molecule has 0 heterocycles. The molecule has 0 saturated heterocycles. The molecule has 1 rings (SSSR count). The zero-order valence-corrected chi connectivity index (χ0v) is 10.8. The lowest BCUT2D eigenvalue weighted by Gasteiger charge is -2.11. The van der Waals surface area contributed by atoms with Gasteiger partial charge in [0.15, 0.2) is 5.25 Å². The van der Waals surface area contributed by atoms with Crippen LogP contribution in [0.2, 0.25) is 0 Å². The van der Waals surface area contributed by atoms with Crippen LogP contribution in [0.4, 0.5) is 0 Å². The first-order chi connectivity index (χ1) is 8.01. The Morgan fingerprint density at radius 1 is 1.41 bits per heavy atom. The molecule has 17 heavy (non-hydrogen) atoms. The molecule has 0 bridgehead atoms. The van der Waals surface area contributed by atoms with Crippen LogP contribution < -0.4 is 4.72 Å². The van der Waals surface area contributed by atoms with Gasteiger partial charge >= 0.3 is 0 Å². The van der Waals surface area contributed by atoms with Gasteiger partial charge < -0.3 is 0 Å². The molecule has 1 N–H and O–H groups in total. The van der Waals surface area contributed by atoms with Crippen LogP contribution in [0.15, 0.2) is 24.3 Å². The Balaban J connectivity index is 2.75. The molecule has 1 aromatic carbocycles. The number of hydrogen-bond acceptors (Lipinski definition) is 3. The summed E-state index contributed by atoms with van der Waals surface area (Å²) in [7, 11) is -3.55. The molecular formula is C12H16N2O2S. The van der Waals surface area contributed by atoms with Crippen molar-refractivity contribution in [2.75, 3.05) is 0 Å². The van der Waals surface area contributed by atoms with Crippen LogP contribution in [0.1, 0.15) is 24.5 Å². The Morgan fingerprint density at radius 3 is 2.59 bits per heavy atom. The monoisotopic (exact) mass is 252 g/mol. The Bertz CT molecular complexity index is 518. The topological polar surface area (TPSA) is 70.0 Å². The van der Waals surface area contributed by atoms with Gasteiger partial charge in [-0.15, -0.1) is 0 Å². The Morgan fingerprint density at radius 2 is 2.06 bits per heavy atom. The number of sulfonamides is 1. The fourth-order valence-corrected chi connectivity index (χ4v) is 2.60. The van der Waals surface area contributed by atoms with Crippen molar-refractivity contribution in [1.82, 2.24) is 4.72 Å². The van der Waals surface area contributed by atoms with E-state index in [1.54, 1.807) is 13.0 Å². The van der Waals surface area contributed by atoms with Crippen LogP contribution in [-0.4, -0.2) is 13.7 Å². The SMILES string of the molecule is CCC(C#N)S(=O)(=O)NCc1ccccc1C. The smallest absolute Gasteiger partial charge is 0.211 e. The first kappa shape index (κ1) is 13.7. The van der Waals surface area contributed by atoms with Crippen molar-refractivity contribution in [3.05, 3.63) is 35.4 Å². The molecule has 4 nitrogen and oxygen atoms in total. The highest BCUT2D eigenvalue weighted by Gasteiger charge is 2.22. The molecule has 0 aliphatic heterocycles. The van der Waals surface area contributed by atoms with Crippen molar-refractivity contribution >= 4 is 10.0 Å². The normalized spacial score (nSPS) is 13.0. The van der Waals surface area contributed by atoms with Crippen LogP contribution in [0.3, 0.4) is 0 Å². The number of benzene rings is 1. The van der Waals surface area contributed by atoms with Crippen LogP contribution in [0.5, 0.6) is 0 Å². The molecule has 5 heteroatoms. The maximum atomic E-state index is 11.7. The summed E-state index contributed by atoms with van der Waals surface area (Å²) in [5, 5.41) is 7.76. The summed E-state index contributed by atoms with van der Waals surface area (Å²) in [6.07, 6.45) is 0.291. The van der Waals surface area contributed by atoms with Gasteiger partial charge in [-0.1, -0.05) is 31.2 Å². The Labute approximate surface area is 102 Å². The minimum Gasteiger partial charge on any atom is -0.211 e. The van der Waals surface area contributed by atoms with Gasteiger partial charge in [-0.3, -0.25) is 0 Å². The second kappa shape index (κ2) is 5.80. The Hall–Kier alpha value is -1.38.